The van der Waals surface area contributed by atoms with Crippen molar-refractivity contribution < 1.29 is 19.0 Å². The van der Waals surface area contributed by atoms with Gasteiger partial charge in [-0.1, -0.05) is 0 Å². The summed E-state index contributed by atoms with van der Waals surface area (Å²) < 4.78 is 18.3. The van der Waals surface area contributed by atoms with E-state index in [2.05, 4.69) is 5.32 Å². The van der Waals surface area contributed by atoms with Gasteiger partial charge >= 0.3 is 5.97 Å². The van der Waals surface area contributed by atoms with Gasteiger partial charge in [0.25, 0.3) is 0 Å². The number of carbonyl (C=O) groups excluding carboxylic acids is 1. The molecule has 0 heterocycles. The number of nitrogens with one attached hydrogen (secondary N) is 1. The van der Waals surface area contributed by atoms with Crippen LogP contribution in [-0.4, -0.2) is 30.3 Å². The zero-order valence-electron chi connectivity index (χ0n) is 9.95. The van der Waals surface area contributed by atoms with Crippen molar-refractivity contribution in [1.82, 2.24) is 0 Å². The first-order valence-electron chi connectivity index (χ1n) is 5.55. The van der Waals surface area contributed by atoms with Crippen molar-refractivity contribution in [3.63, 3.8) is 0 Å². The predicted molar refractivity (Wildman–Crippen MR) is 74.9 cm³/mol. The van der Waals surface area contributed by atoms with Gasteiger partial charge in [0.05, 0.1) is 19.1 Å². The van der Waals surface area contributed by atoms with E-state index in [1.807, 2.05) is 22.6 Å². The Morgan fingerprint density at radius 2 is 2.33 bits per heavy atom. The standard InChI is InChI=1S/C12H15FINO3/c1-2-18-12(17)6-9(16)7-15-11-4-3-8(13)5-10(11)14/h3-5,9,15-16H,2,6-7H2,1H3. The maximum Gasteiger partial charge on any atom is 0.308 e. The molecule has 0 radical (unpaired) electrons. The van der Waals surface area contributed by atoms with Gasteiger partial charge in [-0.15, -0.1) is 0 Å². The summed E-state index contributed by atoms with van der Waals surface area (Å²) in [6.07, 6.45) is -0.886. The second-order valence-corrected chi connectivity index (χ2v) is 4.83. The molecule has 6 heteroatoms. The van der Waals surface area contributed by atoms with Gasteiger partial charge < -0.3 is 15.2 Å². The van der Waals surface area contributed by atoms with Crippen molar-refractivity contribution in [3.8, 4) is 0 Å². The number of aliphatic hydroxyl groups is 1. The fourth-order valence-electron chi connectivity index (χ4n) is 1.35. The number of rotatable bonds is 6. The number of ether oxygens (including phenoxy) is 1. The Labute approximate surface area is 119 Å². The van der Waals surface area contributed by atoms with Crippen molar-refractivity contribution in [3.05, 3.63) is 27.6 Å². The van der Waals surface area contributed by atoms with E-state index in [1.165, 1.54) is 12.1 Å². The normalized spacial score (nSPS) is 12.0. The summed E-state index contributed by atoms with van der Waals surface area (Å²) in [4.78, 5) is 11.1. The molecule has 4 nitrogen and oxygen atoms in total. The van der Waals surface area contributed by atoms with Crippen LogP contribution in [0.1, 0.15) is 13.3 Å². The van der Waals surface area contributed by atoms with Crippen LogP contribution in [0.25, 0.3) is 0 Å². The molecule has 1 rings (SSSR count). The van der Waals surface area contributed by atoms with E-state index < -0.39 is 12.1 Å². The number of benzene rings is 1. The van der Waals surface area contributed by atoms with E-state index in [-0.39, 0.29) is 18.8 Å². The third kappa shape index (κ3) is 5.18. The van der Waals surface area contributed by atoms with Crippen LogP contribution in [0.4, 0.5) is 10.1 Å². The molecule has 0 aromatic heterocycles. The summed E-state index contributed by atoms with van der Waals surface area (Å²) in [7, 11) is 0. The summed E-state index contributed by atoms with van der Waals surface area (Å²) in [5, 5.41) is 12.6. The Balaban J connectivity index is 2.42. The highest BCUT2D eigenvalue weighted by atomic mass is 127. The average Bonchev–Trinajstić information content (AvgIpc) is 2.28. The molecule has 1 unspecified atom stereocenters. The van der Waals surface area contributed by atoms with Crippen molar-refractivity contribution in [2.45, 2.75) is 19.4 Å². The zero-order valence-corrected chi connectivity index (χ0v) is 12.1. The Hall–Kier alpha value is -0.890. The van der Waals surface area contributed by atoms with E-state index in [0.717, 1.165) is 9.26 Å². The summed E-state index contributed by atoms with van der Waals surface area (Å²) in [5.74, 6) is -0.738. The zero-order chi connectivity index (χ0) is 13.5. The maximum atomic E-state index is 12.9. The molecule has 0 amide bonds. The summed E-state index contributed by atoms with van der Waals surface area (Å²) in [6, 6.07) is 4.32. The van der Waals surface area contributed by atoms with Crippen LogP contribution in [-0.2, 0) is 9.53 Å². The van der Waals surface area contributed by atoms with Gasteiger partial charge in [0, 0.05) is 15.8 Å². The highest BCUT2D eigenvalue weighted by Crippen LogP contribution is 2.18. The predicted octanol–water partition coefficient (Wildman–Crippen LogP) is 2.16. The molecule has 1 aromatic rings. The van der Waals surface area contributed by atoms with Gasteiger partial charge in [-0.25, -0.2) is 4.39 Å². The second kappa shape index (κ2) is 7.52. The Bertz CT molecular complexity index is 414. The molecule has 0 aliphatic heterocycles. The number of halogens is 2. The number of aliphatic hydroxyl groups excluding tert-OH is 1. The molecule has 0 saturated heterocycles. The molecule has 100 valence electrons. The second-order valence-electron chi connectivity index (χ2n) is 3.67. The van der Waals surface area contributed by atoms with Crippen LogP contribution in [0.15, 0.2) is 18.2 Å². The van der Waals surface area contributed by atoms with Gasteiger partial charge in [-0.05, 0) is 47.7 Å². The van der Waals surface area contributed by atoms with E-state index in [0.29, 0.717) is 6.61 Å². The topological polar surface area (TPSA) is 58.6 Å². The largest absolute Gasteiger partial charge is 0.466 e. The van der Waals surface area contributed by atoms with Crippen molar-refractivity contribution in [2.24, 2.45) is 0 Å². The Morgan fingerprint density at radius 3 is 2.94 bits per heavy atom. The fourth-order valence-corrected chi connectivity index (χ4v) is 2.01. The number of esters is 1. The lowest BCUT2D eigenvalue weighted by molar-refractivity contribution is -0.145. The molecule has 0 spiro atoms. The molecule has 0 bridgehead atoms. The van der Waals surface area contributed by atoms with Crippen LogP contribution in [0, 0.1) is 9.39 Å². The van der Waals surface area contributed by atoms with Gasteiger partial charge in [0.2, 0.25) is 0 Å². The first-order chi connectivity index (χ1) is 8.52. The van der Waals surface area contributed by atoms with Gasteiger partial charge in [0.15, 0.2) is 0 Å². The first kappa shape index (κ1) is 15.2. The van der Waals surface area contributed by atoms with Crippen LogP contribution < -0.4 is 5.32 Å². The molecule has 18 heavy (non-hydrogen) atoms. The van der Waals surface area contributed by atoms with E-state index in [9.17, 15) is 14.3 Å². The van der Waals surface area contributed by atoms with E-state index >= 15 is 0 Å². The Morgan fingerprint density at radius 1 is 1.61 bits per heavy atom. The summed E-state index contributed by atoms with van der Waals surface area (Å²) >= 11 is 2.00. The molecule has 1 aromatic carbocycles. The molecular formula is C12H15FINO3. The van der Waals surface area contributed by atoms with Crippen molar-refractivity contribution in [2.75, 3.05) is 18.5 Å². The van der Waals surface area contributed by atoms with Crippen LogP contribution in [0.2, 0.25) is 0 Å². The van der Waals surface area contributed by atoms with E-state index in [4.69, 9.17) is 4.74 Å². The Kier molecular flexibility index (Phi) is 6.34. The fraction of sp³-hybridized carbons (Fsp3) is 0.417. The first-order valence-corrected chi connectivity index (χ1v) is 6.63. The van der Waals surface area contributed by atoms with Crippen LogP contribution in [0.5, 0.6) is 0 Å². The molecule has 0 fully saturated rings. The monoisotopic (exact) mass is 367 g/mol. The molecular weight excluding hydrogens is 352 g/mol. The molecule has 0 aliphatic rings. The maximum absolute atomic E-state index is 12.9. The number of carbonyl (C=O) groups is 1. The van der Waals surface area contributed by atoms with Crippen molar-refractivity contribution in [1.29, 1.82) is 0 Å². The van der Waals surface area contributed by atoms with Gasteiger partial charge in [-0.2, -0.15) is 0 Å². The van der Waals surface area contributed by atoms with E-state index in [1.54, 1.807) is 13.0 Å². The lowest BCUT2D eigenvalue weighted by Gasteiger charge is -2.13. The summed E-state index contributed by atoms with van der Waals surface area (Å²) in [5.41, 5.74) is 0.722. The van der Waals surface area contributed by atoms with Crippen LogP contribution >= 0.6 is 22.6 Å². The van der Waals surface area contributed by atoms with Crippen LogP contribution in [0.3, 0.4) is 0 Å². The van der Waals surface area contributed by atoms with Gasteiger partial charge in [-0.3, -0.25) is 4.79 Å². The smallest absolute Gasteiger partial charge is 0.308 e. The molecule has 2 N–H and O–H groups in total. The molecule has 1 atom stereocenters. The lowest BCUT2D eigenvalue weighted by Crippen LogP contribution is -2.24. The summed E-state index contributed by atoms with van der Waals surface area (Å²) in [6.45, 7) is 2.22. The highest BCUT2D eigenvalue weighted by Gasteiger charge is 2.12. The minimum absolute atomic E-state index is 0.0569. The third-order valence-electron chi connectivity index (χ3n) is 2.17. The minimum atomic E-state index is -0.829. The van der Waals surface area contributed by atoms with Gasteiger partial charge in [0.1, 0.15) is 5.82 Å². The minimum Gasteiger partial charge on any atom is -0.466 e. The third-order valence-corrected chi connectivity index (χ3v) is 3.06. The quantitative estimate of drug-likeness (QED) is 0.598. The number of hydrogen-bond donors (Lipinski definition) is 2. The molecule has 0 saturated carbocycles. The highest BCUT2D eigenvalue weighted by molar-refractivity contribution is 14.1. The average molecular weight is 367 g/mol. The lowest BCUT2D eigenvalue weighted by atomic mass is 10.2. The number of anilines is 1. The number of hydrogen-bond acceptors (Lipinski definition) is 4. The van der Waals surface area contributed by atoms with Crippen molar-refractivity contribution >= 4 is 34.2 Å². The SMILES string of the molecule is CCOC(=O)CC(O)CNc1ccc(F)cc1I. The molecule has 0 aliphatic carbocycles.